The van der Waals surface area contributed by atoms with Gasteiger partial charge in [-0.25, -0.2) is 8.78 Å². The summed E-state index contributed by atoms with van der Waals surface area (Å²) in [6, 6.07) is -0.419. The summed E-state index contributed by atoms with van der Waals surface area (Å²) in [6.07, 6.45) is -0.933. The van der Waals surface area contributed by atoms with E-state index in [1.165, 1.54) is 11.8 Å². The van der Waals surface area contributed by atoms with E-state index >= 15 is 0 Å². The molecule has 2 saturated heterocycles. The van der Waals surface area contributed by atoms with Crippen molar-refractivity contribution in [1.82, 2.24) is 4.90 Å². The van der Waals surface area contributed by atoms with Gasteiger partial charge in [-0.1, -0.05) is 11.8 Å². The molecule has 0 aromatic carbocycles. The van der Waals surface area contributed by atoms with Gasteiger partial charge in [-0.3, -0.25) is 4.99 Å². The first-order valence-corrected chi connectivity index (χ1v) is 7.18. The normalized spacial score (nSPS) is 41.3. The van der Waals surface area contributed by atoms with Gasteiger partial charge in [0.2, 0.25) is 0 Å². The molecule has 0 aromatic rings. The van der Waals surface area contributed by atoms with Crippen LogP contribution in [0, 0.1) is 0 Å². The topological polar surface area (TPSA) is 65.3 Å². The Kier molecular flexibility index (Phi) is 3.45. The Balaban J connectivity index is 1.69. The van der Waals surface area contributed by atoms with Crippen molar-refractivity contribution in [1.29, 1.82) is 0 Å². The number of aliphatic imine (C=N–C) groups is 1. The Morgan fingerprint density at radius 3 is 2.95 bits per heavy atom. The van der Waals surface area contributed by atoms with E-state index in [2.05, 4.69) is 4.99 Å². The zero-order valence-electron chi connectivity index (χ0n) is 10.2. The monoisotopic (exact) mass is 294 g/mol. The number of hydrogen-bond acceptors (Lipinski definition) is 6. The molecule has 2 fully saturated rings. The Morgan fingerprint density at radius 1 is 1.53 bits per heavy atom. The van der Waals surface area contributed by atoms with Crippen LogP contribution in [0.25, 0.3) is 0 Å². The number of amidine groups is 1. The molecule has 8 heteroatoms. The maximum atomic E-state index is 13.2. The summed E-state index contributed by atoms with van der Waals surface area (Å²) in [5.74, 6) is -2.66. The van der Waals surface area contributed by atoms with Gasteiger partial charge in [0, 0.05) is 19.4 Å². The third-order valence-corrected chi connectivity index (χ3v) is 4.83. The second-order valence-corrected chi connectivity index (χ2v) is 6.23. The van der Waals surface area contributed by atoms with Crippen molar-refractivity contribution in [2.24, 2.45) is 4.99 Å². The molecule has 0 saturated carbocycles. The van der Waals surface area contributed by atoms with Gasteiger partial charge in [-0.2, -0.15) is 0 Å². The molecule has 0 spiro atoms. The van der Waals surface area contributed by atoms with E-state index in [0.29, 0.717) is 11.6 Å². The molecule has 2 N–H and O–H groups in total. The lowest BCUT2D eigenvalue weighted by Crippen LogP contribution is -2.45. The number of thioether (sulfide) groups is 1. The lowest BCUT2D eigenvalue weighted by Gasteiger charge is -2.33. The fourth-order valence-corrected chi connectivity index (χ4v) is 3.88. The average Bonchev–Trinajstić information content (AvgIpc) is 2.92. The molecule has 3 rings (SSSR count). The summed E-state index contributed by atoms with van der Waals surface area (Å²) in [4.78, 5) is 5.87. The molecule has 0 aliphatic carbocycles. The van der Waals surface area contributed by atoms with E-state index in [0.717, 1.165) is 0 Å². The predicted molar refractivity (Wildman–Crippen MR) is 66.3 cm³/mol. The number of alkyl halides is 2. The molecule has 0 bridgehead atoms. The second kappa shape index (κ2) is 4.83. The number of nitrogens with zero attached hydrogens (tertiary/aromatic N) is 2. The fraction of sp³-hybridized carbons (Fsp3) is 0.909. The quantitative estimate of drug-likeness (QED) is 0.726. The number of halogens is 2. The third-order valence-electron chi connectivity index (χ3n) is 3.63. The molecular formula is C11H16F2N2O3S. The van der Waals surface area contributed by atoms with Gasteiger partial charge in [0.15, 0.2) is 5.17 Å². The molecule has 3 heterocycles. The van der Waals surface area contributed by atoms with Crippen molar-refractivity contribution in [3.63, 3.8) is 0 Å². The van der Waals surface area contributed by atoms with Crippen molar-refractivity contribution < 1.29 is 23.7 Å². The molecule has 0 unspecified atom stereocenters. The van der Waals surface area contributed by atoms with Crippen LogP contribution in [0.1, 0.15) is 12.8 Å². The average molecular weight is 294 g/mol. The van der Waals surface area contributed by atoms with Gasteiger partial charge in [0.25, 0.3) is 5.92 Å². The number of fused-ring (bicyclic) bond motifs is 1. The van der Waals surface area contributed by atoms with Crippen LogP contribution >= 0.6 is 11.8 Å². The number of aliphatic hydroxyl groups excluding tert-OH is 2. The molecule has 108 valence electrons. The van der Waals surface area contributed by atoms with Crippen molar-refractivity contribution in [3.8, 4) is 0 Å². The zero-order valence-corrected chi connectivity index (χ0v) is 11.0. The first kappa shape index (κ1) is 13.5. The van der Waals surface area contributed by atoms with Gasteiger partial charge in [0.05, 0.1) is 25.4 Å². The molecule has 0 radical (unpaired) electrons. The lowest BCUT2D eigenvalue weighted by atomic mass is 10.0. The number of aliphatic hydroxyl groups is 2. The van der Waals surface area contributed by atoms with Crippen molar-refractivity contribution in [2.45, 2.75) is 42.4 Å². The summed E-state index contributed by atoms with van der Waals surface area (Å²) in [5, 5.41) is 19.6. The van der Waals surface area contributed by atoms with Crippen molar-refractivity contribution in [2.75, 3.05) is 19.7 Å². The molecule has 3 aliphatic heterocycles. The van der Waals surface area contributed by atoms with Crippen molar-refractivity contribution in [3.05, 3.63) is 0 Å². The van der Waals surface area contributed by atoms with Crippen LogP contribution in [0.4, 0.5) is 8.78 Å². The highest BCUT2D eigenvalue weighted by atomic mass is 32.2. The van der Waals surface area contributed by atoms with Crippen LogP contribution in [-0.4, -0.2) is 69.6 Å². The van der Waals surface area contributed by atoms with E-state index in [9.17, 15) is 13.9 Å². The minimum Gasteiger partial charge on any atom is -0.394 e. The van der Waals surface area contributed by atoms with E-state index < -0.39 is 24.2 Å². The lowest BCUT2D eigenvalue weighted by molar-refractivity contribution is -0.0875. The van der Waals surface area contributed by atoms with Crippen LogP contribution in [0.3, 0.4) is 0 Å². The fourth-order valence-electron chi connectivity index (χ4n) is 2.60. The van der Waals surface area contributed by atoms with Crippen LogP contribution in [0.2, 0.25) is 0 Å². The van der Waals surface area contributed by atoms with E-state index in [1.807, 2.05) is 0 Å². The smallest absolute Gasteiger partial charge is 0.267 e. The highest BCUT2D eigenvalue weighted by Gasteiger charge is 2.47. The minimum absolute atomic E-state index is 0.155. The minimum atomic E-state index is -2.66. The number of rotatable bonds is 1. The van der Waals surface area contributed by atoms with Crippen LogP contribution in [0.5, 0.6) is 0 Å². The largest absolute Gasteiger partial charge is 0.394 e. The highest BCUT2D eigenvalue weighted by Crippen LogP contribution is 2.39. The highest BCUT2D eigenvalue weighted by molar-refractivity contribution is 8.14. The number of hydrogen-bond donors (Lipinski definition) is 2. The SMILES string of the molecule is OC[C@@H]1C[C@H](O)[C@H]2N=C(N3CCC(F)(F)C3)S[C@H]2O1. The zero-order chi connectivity index (χ0) is 13.6. The van der Waals surface area contributed by atoms with Crippen molar-refractivity contribution >= 4 is 16.9 Å². The molecule has 0 aromatic heterocycles. The molecule has 3 aliphatic rings. The summed E-state index contributed by atoms with van der Waals surface area (Å²) in [6.45, 7) is -0.201. The standard InChI is InChI=1S/C11H16F2N2O3S/c12-11(13)1-2-15(5-11)10-14-8-7(17)3-6(4-16)18-9(8)19-10/h6-9,16-17H,1-5H2/t6-,7-,8+,9+/m0/s1. The van der Waals surface area contributed by atoms with Gasteiger partial charge >= 0.3 is 0 Å². The predicted octanol–water partition coefficient (Wildman–Crippen LogP) is 0.267. The van der Waals surface area contributed by atoms with Gasteiger partial charge in [-0.05, 0) is 0 Å². The second-order valence-electron chi connectivity index (χ2n) is 5.16. The molecular weight excluding hydrogens is 278 g/mol. The first-order valence-electron chi connectivity index (χ1n) is 6.30. The van der Waals surface area contributed by atoms with Gasteiger partial charge < -0.3 is 19.8 Å². The summed E-state index contributed by atoms with van der Waals surface area (Å²) >= 11 is 1.26. The molecule has 0 amide bonds. The number of ether oxygens (including phenoxy) is 1. The van der Waals surface area contributed by atoms with E-state index in [-0.39, 0.29) is 31.6 Å². The Hall–Kier alpha value is -0.440. The van der Waals surface area contributed by atoms with E-state index in [1.54, 1.807) is 4.90 Å². The third kappa shape index (κ3) is 2.58. The summed E-state index contributed by atoms with van der Waals surface area (Å²) < 4.78 is 32.0. The molecule has 19 heavy (non-hydrogen) atoms. The van der Waals surface area contributed by atoms with Crippen LogP contribution in [0.15, 0.2) is 4.99 Å². The molecule has 4 atom stereocenters. The Bertz CT molecular complexity index is 396. The van der Waals surface area contributed by atoms with Crippen LogP contribution in [-0.2, 0) is 4.74 Å². The summed E-state index contributed by atoms with van der Waals surface area (Å²) in [7, 11) is 0. The Morgan fingerprint density at radius 2 is 2.32 bits per heavy atom. The van der Waals surface area contributed by atoms with Gasteiger partial charge in [0.1, 0.15) is 11.5 Å². The Labute approximate surface area is 113 Å². The van der Waals surface area contributed by atoms with Gasteiger partial charge in [-0.15, -0.1) is 0 Å². The maximum Gasteiger partial charge on any atom is 0.267 e. The number of likely N-dealkylation sites (tertiary alicyclic amines) is 1. The maximum absolute atomic E-state index is 13.2. The summed E-state index contributed by atoms with van der Waals surface area (Å²) in [5.41, 5.74) is -0.384. The first-order chi connectivity index (χ1) is 8.98. The van der Waals surface area contributed by atoms with Crippen LogP contribution < -0.4 is 0 Å². The molecule has 5 nitrogen and oxygen atoms in total. The van der Waals surface area contributed by atoms with E-state index in [4.69, 9.17) is 9.84 Å².